The Labute approximate surface area is 163 Å². The maximum Gasteiger partial charge on any atom is 0.310 e. The molecular weight excluding hydrogens is 384 g/mol. The second kappa shape index (κ2) is 9.34. The zero-order valence-corrected chi connectivity index (χ0v) is 16.4. The van der Waals surface area contributed by atoms with Crippen LogP contribution in [0.4, 0.5) is 5.69 Å². The van der Waals surface area contributed by atoms with Gasteiger partial charge in [-0.25, -0.2) is 13.6 Å². The number of nitrogens with one attached hydrogen (secondary N) is 1. The van der Waals surface area contributed by atoms with Gasteiger partial charge in [0.25, 0.3) is 5.91 Å². The summed E-state index contributed by atoms with van der Waals surface area (Å²) in [6.07, 6.45) is -1.09. The summed E-state index contributed by atoms with van der Waals surface area (Å²) in [5, 5.41) is 7.54. The number of nitrogens with two attached hydrogens (primary N) is 1. The number of hydrogen-bond acceptors (Lipinski definition) is 6. The maximum atomic E-state index is 12.1. The summed E-state index contributed by atoms with van der Waals surface area (Å²) in [5.41, 5.74) is 1.17. The van der Waals surface area contributed by atoms with Crippen LogP contribution in [0.2, 0.25) is 0 Å². The van der Waals surface area contributed by atoms with Crippen LogP contribution in [0.25, 0.3) is 0 Å². The van der Waals surface area contributed by atoms with E-state index >= 15 is 0 Å². The zero-order valence-electron chi connectivity index (χ0n) is 15.5. The fourth-order valence-corrected chi connectivity index (χ4v) is 2.83. The number of benzene rings is 2. The van der Waals surface area contributed by atoms with Crippen molar-refractivity contribution >= 4 is 27.6 Å². The molecule has 1 atom stereocenters. The normalized spacial score (nSPS) is 12.1. The summed E-state index contributed by atoms with van der Waals surface area (Å²) >= 11 is 0. The number of para-hydroxylation sites is 1. The van der Waals surface area contributed by atoms with Crippen LogP contribution in [0.5, 0.6) is 5.75 Å². The van der Waals surface area contributed by atoms with Gasteiger partial charge in [-0.2, -0.15) is 0 Å². The van der Waals surface area contributed by atoms with E-state index < -0.39 is 28.0 Å². The molecule has 28 heavy (non-hydrogen) atoms. The molecule has 8 nitrogen and oxygen atoms in total. The van der Waals surface area contributed by atoms with Gasteiger partial charge in [-0.3, -0.25) is 9.59 Å². The molecule has 0 bridgehead atoms. The minimum atomic E-state index is -3.89. The van der Waals surface area contributed by atoms with Crippen molar-refractivity contribution in [3.63, 3.8) is 0 Å². The number of ether oxygens (including phenoxy) is 2. The van der Waals surface area contributed by atoms with E-state index in [4.69, 9.17) is 14.6 Å². The predicted molar refractivity (Wildman–Crippen MR) is 103 cm³/mol. The number of hydrogen-bond donors (Lipinski definition) is 2. The number of esters is 1. The van der Waals surface area contributed by atoms with E-state index in [2.05, 4.69) is 5.32 Å². The Balaban J connectivity index is 1.83. The van der Waals surface area contributed by atoms with Crippen LogP contribution in [-0.4, -0.2) is 33.0 Å². The van der Waals surface area contributed by atoms with Gasteiger partial charge in [0.1, 0.15) is 5.75 Å². The lowest BCUT2D eigenvalue weighted by Crippen LogP contribution is -2.30. The van der Waals surface area contributed by atoms with Crippen LogP contribution in [-0.2, 0) is 24.3 Å². The smallest absolute Gasteiger partial charge is 0.310 e. The molecule has 0 aliphatic carbocycles. The fraction of sp³-hybridized carbons (Fsp3) is 0.263. The highest BCUT2D eigenvalue weighted by molar-refractivity contribution is 7.89. The average Bonchev–Trinajstić information content (AvgIpc) is 2.62. The Morgan fingerprint density at radius 1 is 1.14 bits per heavy atom. The molecule has 150 valence electrons. The molecule has 0 heterocycles. The van der Waals surface area contributed by atoms with Crippen LogP contribution < -0.4 is 15.2 Å². The lowest BCUT2D eigenvalue weighted by atomic mass is 10.2. The van der Waals surface area contributed by atoms with Gasteiger partial charge in [-0.05, 0) is 43.7 Å². The van der Waals surface area contributed by atoms with Crippen molar-refractivity contribution in [3.05, 3.63) is 54.1 Å². The first-order chi connectivity index (χ1) is 13.2. The Bertz CT molecular complexity index is 958. The first kappa shape index (κ1) is 21.4. The maximum absolute atomic E-state index is 12.1. The number of anilines is 1. The summed E-state index contributed by atoms with van der Waals surface area (Å²) in [5.74, 6) is -0.509. The molecule has 2 rings (SSSR count). The van der Waals surface area contributed by atoms with Crippen molar-refractivity contribution in [2.45, 2.75) is 31.3 Å². The summed E-state index contributed by atoms with van der Waals surface area (Å²) in [4.78, 5) is 23.9. The highest BCUT2D eigenvalue weighted by atomic mass is 32.2. The van der Waals surface area contributed by atoms with Crippen molar-refractivity contribution in [2.24, 2.45) is 5.14 Å². The third kappa shape index (κ3) is 6.36. The summed E-state index contributed by atoms with van der Waals surface area (Å²) in [6, 6.07) is 12.9. The summed E-state index contributed by atoms with van der Waals surface area (Å²) in [7, 11) is -3.89. The summed E-state index contributed by atoms with van der Waals surface area (Å²) < 4.78 is 33.3. The Kier molecular flexibility index (Phi) is 7.13. The standard InChI is InChI=1S/C19H22N2O6S/c1-13-6-3-4-9-17(13)26-11-10-18(22)27-14(2)19(23)21-15-7-5-8-16(12-15)28(20,24)25/h3-9,12,14H,10-11H2,1-2H3,(H,21,23)(H2,20,24,25)/t14-/m1/s1. The molecule has 0 unspecified atom stereocenters. The van der Waals surface area contributed by atoms with E-state index in [0.29, 0.717) is 5.75 Å². The molecule has 9 heteroatoms. The second-order valence-electron chi connectivity index (χ2n) is 6.06. The van der Waals surface area contributed by atoms with E-state index in [-0.39, 0.29) is 23.6 Å². The third-order valence-corrected chi connectivity index (χ3v) is 4.68. The Morgan fingerprint density at radius 3 is 2.54 bits per heavy atom. The van der Waals surface area contributed by atoms with E-state index in [1.54, 1.807) is 6.07 Å². The average molecular weight is 406 g/mol. The van der Waals surface area contributed by atoms with E-state index in [1.165, 1.54) is 31.2 Å². The molecule has 0 aliphatic rings. The topological polar surface area (TPSA) is 125 Å². The van der Waals surface area contributed by atoms with Crippen LogP contribution in [0, 0.1) is 6.92 Å². The van der Waals surface area contributed by atoms with Gasteiger partial charge < -0.3 is 14.8 Å². The molecule has 3 N–H and O–H groups in total. The minimum Gasteiger partial charge on any atom is -0.493 e. The molecule has 1 amide bonds. The molecule has 0 radical (unpaired) electrons. The van der Waals surface area contributed by atoms with Gasteiger partial charge in [0, 0.05) is 5.69 Å². The molecular formula is C19H22N2O6S. The van der Waals surface area contributed by atoms with Crippen molar-refractivity contribution < 1.29 is 27.5 Å². The van der Waals surface area contributed by atoms with Gasteiger partial charge in [-0.15, -0.1) is 0 Å². The zero-order chi connectivity index (χ0) is 20.7. The number of rotatable bonds is 8. The van der Waals surface area contributed by atoms with Crippen LogP contribution in [0.3, 0.4) is 0 Å². The molecule has 2 aromatic rings. The molecule has 0 spiro atoms. The number of amides is 1. The number of sulfonamides is 1. The number of aryl methyl sites for hydroxylation is 1. The quantitative estimate of drug-likeness (QED) is 0.646. The van der Waals surface area contributed by atoms with Gasteiger partial charge in [0.15, 0.2) is 6.10 Å². The molecule has 0 saturated heterocycles. The van der Waals surface area contributed by atoms with Crippen LogP contribution in [0.1, 0.15) is 18.9 Å². The predicted octanol–water partition coefficient (Wildman–Crippen LogP) is 1.98. The summed E-state index contributed by atoms with van der Waals surface area (Å²) in [6.45, 7) is 3.43. The van der Waals surface area contributed by atoms with Gasteiger partial charge >= 0.3 is 5.97 Å². The number of primary sulfonamides is 1. The third-order valence-electron chi connectivity index (χ3n) is 3.76. The van der Waals surface area contributed by atoms with Crippen molar-refractivity contribution in [2.75, 3.05) is 11.9 Å². The van der Waals surface area contributed by atoms with Gasteiger partial charge in [0.05, 0.1) is 17.9 Å². The molecule has 0 aromatic heterocycles. The van der Waals surface area contributed by atoms with E-state index in [9.17, 15) is 18.0 Å². The second-order valence-corrected chi connectivity index (χ2v) is 7.62. The lowest BCUT2D eigenvalue weighted by Gasteiger charge is -2.14. The monoisotopic (exact) mass is 406 g/mol. The minimum absolute atomic E-state index is 0.0210. The number of carbonyl (C=O) groups excluding carboxylic acids is 2. The fourth-order valence-electron chi connectivity index (χ4n) is 2.27. The van der Waals surface area contributed by atoms with Gasteiger partial charge in [-0.1, -0.05) is 24.3 Å². The van der Waals surface area contributed by atoms with Crippen molar-refractivity contribution in [3.8, 4) is 5.75 Å². The molecule has 0 saturated carbocycles. The Morgan fingerprint density at radius 2 is 1.86 bits per heavy atom. The van der Waals surface area contributed by atoms with E-state index in [0.717, 1.165) is 5.56 Å². The van der Waals surface area contributed by atoms with Crippen LogP contribution in [0.15, 0.2) is 53.4 Å². The van der Waals surface area contributed by atoms with Crippen LogP contribution >= 0.6 is 0 Å². The SMILES string of the molecule is Cc1ccccc1OCCC(=O)O[C@H](C)C(=O)Nc1cccc(S(N)(=O)=O)c1. The molecule has 2 aromatic carbocycles. The first-order valence-corrected chi connectivity index (χ1v) is 10.0. The van der Waals surface area contributed by atoms with Crippen molar-refractivity contribution in [1.29, 1.82) is 0 Å². The first-order valence-electron chi connectivity index (χ1n) is 8.48. The number of carbonyl (C=O) groups is 2. The molecule has 0 aliphatic heterocycles. The highest BCUT2D eigenvalue weighted by Crippen LogP contribution is 2.17. The molecule has 0 fully saturated rings. The largest absolute Gasteiger partial charge is 0.493 e. The van der Waals surface area contributed by atoms with Gasteiger partial charge in [0.2, 0.25) is 10.0 Å². The Hall–Kier alpha value is -2.91. The van der Waals surface area contributed by atoms with Crippen molar-refractivity contribution in [1.82, 2.24) is 0 Å². The highest BCUT2D eigenvalue weighted by Gasteiger charge is 2.19. The lowest BCUT2D eigenvalue weighted by molar-refractivity contribution is -0.153. The van der Waals surface area contributed by atoms with E-state index in [1.807, 2.05) is 25.1 Å².